The van der Waals surface area contributed by atoms with Crippen LogP contribution < -0.4 is 15.5 Å². The second-order valence-electron chi connectivity index (χ2n) is 5.85. The molecule has 23 heavy (non-hydrogen) atoms. The molecular formula is C16H20ClN3O3. The van der Waals surface area contributed by atoms with E-state index in [1.165, 1.54) is 0 Å². The molecule has 124 valence electrons. The number of nitrogens with zero attached hydrogens (tertiary/aromatic N) is 1. The predicted octanol–water partition coefficient (Wildman–Crippen LogP) is 0.940. The van der Waals surface area contributed by atoms with Crippen LogP contribution in [-0.4, -0.2) is 50.2 Å². The van der Waals surface area contributed by atoms with E-state index < -0.39 is 0 Å². The average molecular weight is 338 g/mol. The van der Waals surface area contributed by atoms with Crippen molar-refractivity contribution in [3.8, 4) is 0 Å². The van der Waals surface area contributed by atoms with Gasteiger partial charge in [-0.25, -0.2) is 0 Å². The van der Waals surface area contributed by atoms with Crippen LogP contribution in [0.5, 0.6) is 0 Å². The molecule has 2 unspecified atom stereocenters. The minimum Gasteiger partial charge on any atom is -0.378 e. The number of nitrogens with one attached hydrogen (secondary N) is 2. The number of halogens is 1. The Labute approximate surface area is 140 Å². The summed E-state index contributed by atoms with van der Waals surface area (Å²) in [6.45, 7) is 2.44. The fourth-order valence-corrected chi connectivity index (χ4v) is 3.21. The standard InChI is InChI=1S/C16H20ClN3O3/c17-13-3-1-2-4-14(13)20-9-11(8-16(20)22)19-15(21)7-12-10-23-6-5-18-12/h1-4,11-12,18H,5-10H2,(H,19,21). The van der Waals surface area contributed by atoms with Crippen molar-refractivity contribution in [1.82, 2.24) is 10.6 Å². The number of carbonyl (C=O) groups excluding carboxylic acids is 2. The Hall–Kier alpha value is -1.63. The van der Waals surface area contributed by atoms with Gasteiger partial charge in [-0.05, 0) is 12.1 Å². The molecule has 7 heteroatoms. The molecule has 2 atom stereocenters. The second-order valence-corrected chi connectivity index (χ2v) is 6.26. The monoisotopic (exact) mass is 337 g/mol. The van der Waals surface area contributed by atoms with E-state index >= 15 is 0 Å². The third-order valence-electron chi connectivity index (χ3n) is 4.06. The van der Waals surface area contributed by atoms with Crippen molar-refractivity contribution in [1.29, 1.82) is 0 Å². The summed E-state index contributed by atoms with van der Waals surface area (Å²) in [5, 5.41) is 6.72. The zero-order chi connectivity index (χ0) is 16.2. The molecule has 0 bridgehead atoms. The van der Waals surface area contributed by atoms with Gasteiger partial charge in [0.05, 0.1) is 30.0 Å². The quantitative estimate of drug-likeness (QED) is 0.858. The SMILES string of the molecule is O=C(CC1COCCN1)NC1CC(=O)N(c2ccccc2Cl)C1. The summed E-state index contributed by atoms with van der Waals surface area (Å²) in [6.07, 6.45) is 0.655. The predicted molar refractivity (Wildman–Crippen MR) is 87.6 cm³/mol. The van der Waals surface area contributed by atoms with E-state index in [2.05, 4.69) is 10.6 Å². The van der Waals surface area contributed by atoms with E-state index in [1.807, 2.05) is 18.2 Å². The largest absolute Gasteiger partial charge is 0.378 e. The third-order valence-corrected chi connectivity index (χ3v) is 4.38. The molecule has 2 aliphatic heterocycles. The highest BCUT2D eigenvalue weighted by atomic mass is 35.5. The van der Waals surface area contributed by atoms with Gasteiger partial charge in [-0.3, -0.25) is 9.59 Å². The summed E-state index contributed by atoms with van der Waals surface area (Å²) in [5.74, 6) is -0.0886. The fraction of sp³-hybridized carbons (Fsp3) is 0.500. The van der Waals surface area contributed by atoms with Gasteiger partial charge in [0.25, 0.3) is 0 Å². The topological polar surface area (TPSA) is 70.7 Å². The number of hydrogen-bond acceptors (Lipinski definition) is 4. The Morgan fingerprint density at radius 1 is 1.43 bits per heavy atom. The Morgan fingerprint density at radius 2 is 2.26 bits per heavy atom. The number of ether oxygens (including phenoxy) is 1. The number of benzene rings is 1. The number of amides is 2. The molecule has 2 fully saturated rings. The van der Waals surface area contributed by atoms with Gasteiger partial charge >= 0.3 is 0 Å². The Morgan fingerprint density at radius 3 is 3.00 bits per heavy atom. The lowest BCUT2D eigenvalue weighted by Crippen LogP contribution is -2.46. The van der Waals surface area contributed by atoms with Crippen LogP contribution in [-0.2, 0) is 14.3 Å². The first-order chi connectivity index (χ1) is 11.1. The van der Waals surface area contributed by atoms with Crippen LogP contribution in [0.15, 0.2) is 24.3 Å². The number of carbonyl (C=O) groups is 2. The summed E-state index contributed by atoms with van der Waals surface area (Å²) < 4.78 is 5.34. The highest BCUT2D eigenvalue weighted by Crippen LogP contribution is 2.28. The zero-order valence-corrected chi connectivity index (χ0v) is 13.5. The van der Waals surface area contributed by atoms with Crippen molar-refractivity contribution in [2.75, 3.05) is 31.2 Å². The van der Waals surface area contributed by atoms with Crippen LogP contribution >= 0.6 is 11.6 Å². The Balaban J connectivity index is 1.55. The summed E-state index contributed by atoms with van der Waals surface area (Å²) in [4.78, 5) is 25.9. The zero-order valence-electron chi connectivity index (χ0n) is 12.8. The van der Waals surface area contributed by atoms with E-state index in [0.717, 1.165) is 6.54 Å². The molecule has 6 nitrogen and oxygen atoms in total. The van der Waals surface area contributed by atoms with Gasteiger partial charge in [0.1, 0.15) is 0 Å². The second kappa shape index (κ2) is 7.29. The number of rotatable bonds is 4. The van der Waals surface area contributed by atoms with Crippen LogP contribution in [0.2, 0.25) is 5.02 Å². The normalized spacial score (nSPS) is 24.7. The summed E-state index contributed by atoms with van der Waals surface area (Å²) in [5.41, 5.74) is 0.693. The molecule has 0 aromatic heterocycles. The molecule has 2 amide bonds. The third kappa shape index (κ3) is 4.02. The summed E-state index contributed by atoms with van der Waals surface area (Å²) >= 11 is 6.15. The lowest BCUT2D eigenvalue weighted by Gasteiger charge is -2.24. The number of morpholine rings is 1. The van der Waals surface area contributed by atoms with Gasteiger partial charge in [0.15, 0.2) is 0 Å². The van der Waals surface area contributed by atoms with E-state index in [1.54, 1.807) is 11.0 Å². The van der Waals surface area contributed by atoms with Crippen molar-refractivity contribution in [3.63, 3.8) is 0 Å². The van der Waals surface area contributed by atoms with Crippen LogP contribution in [0.4, 0.5) is 5.69 Å². The van der Waals surface area contributed by atoms with Crippen LogP contribution in [0, 0.1) is 0 Å². The first kappa shape index (κ1) is 16.2. The molecule has 0 saturated carbocycles. The molecule has 0 spiro atoms. The van der Waals surface area contributed by atoms with Gasteiger partial charge in [-0.1, -0.05) is 23.7 Å². The molecule has 3 rings (SSSR count). The molecule has 0 aliphatic carbocycles. The van der Waals surface area contributed by atoms with Crippen molar-refractivity contribution >= 4 is 29.1 Å². The van der Waals surface area contributed by atoms with Crippen molar-refractivity contribution in [2.24, 2.45) is 0 Å². The number of anilines is 1. The molecule has 1 aromatic rings. The Kier molecular flexibility index (Phi) is 5.15. The molecule has 2 saturated heterocycles. The highest BCUT2D eigenvalue weighted by molar-refractivity contribution is 6.33. The van der Waals surface area contributed by atoms with Crippen molar-refractivity contribution < 1.29 is 14.3 Å². The Bertz CT molecular complexity index is 590. The molecular weight excluding hydrogens is 318 g/mol. The first-order valence-electron chi connectivity index (χ1n) is 7.79. The van der Waals surface area contributed by atoms with E-state index in [9.17, 15) is 9.59 Å². The van der Waals surface area contributed by atoms with Gasteiger partial charge < -0.3 is 20.3 Å². The lowest BCUT2D eigenvalue weighted by molar-refractivity contribution is -0.122. The van der Waals surface area contributed by atoms with Crippen molar-refractivity contribution in [2.45, 2.75) is 24.9 Å². The molecule has 2 N–H and O–H groups in total. The highest BCUT2D eigenvalue weighted by Gasteiger charge is 2.32. The fourth-order valence-electron chi connectivity index (χ4n) is 2.97. The van der Waals surface area contributed by atoms with E-state index in [-0.39, 0.29) is 23.9 Å². The maximum Gasteiger partial charge on any atom is 0.229 e. The van der Waals surface area contributed by atoms with Crippen molar-refractivity contribution in [3.05, 3.63) is 29.3 Å². The summed E-state index contributed by atoms with van der Waals surface area (Å²) in [7, 11) is 0. The van der Waals surface area contributed by atoms with Gasteiger partial charge in [-0.2, -0.15) is 0 Å². The van der Waals surface area contributed by atoms with E-state index in [0.29, 0.717) is 43.3 Å². The molecule has 1 aromatic carbocycles. The van der Waals surface area contributed by atoms with Crippen LogP contribution in [0.25, 0.3) is 0 Å². The van der Waals surface area contributed by atoms with Crippen LogP contribution in [0.3, 0.4) is 0 Å². The molecule has 0 radical (unpaired) electrons. The smallest absolute Gasteiger partial charge is 0.229 e. The van der Waals surface area contributed by atoms with Gasteiger partial charge in [-0.15, -0.1) is 0 Å². The van der Waals surface area contributed by atoms with E-state index in [4.69, 9.17) is 16.3 Å². The van der Waals surface area contributed by atoms with Gasteiger partial charge in [0, 0.05) is 32.0 Å². The maximum absolute atomic E-state index is 12.2. The van der Waals surface area contributed by atoms with Gasteiger partial charge in [0.2, 0.25) is 11.8 Å². The minimum absolute atomic E-state index is 0.0254. The summed E-state index contributed by atoms with van der Waals surface area (Å²) in [6, 6.07) is 7.09. The van der Waals surface area contributed by atoms with Crippen LogP contribution in [0.1, 0.15) is 12.8 Å². The first-order valence-corrected chi connectivity index (χ1v) is 8.16. The lowest BCUT2D eigenvalue weighted by atomic mass is 10.1. The minimum atomic E-state index is -0.184. The maximum atomic E-state index is 12.2. The molecule has 2 heterocycles. The molecule has 2 aliphatic rings. The average Bonchev–Trinajstić information content (AvgIpc) is 2.89. The number of hydrogen-bond donors (Lipinski definition) is 2. The number of para-hydroxylation sites is 1.